The van der Waals surface area contributed by atoms with Crippen LogP contribution in [-0.2, 0) is 0 Å². The first kappa shape index (κ1) is 14.0. The molecule has 1 aliphatic rings. The highest BCUT2D eigenvalue weighted by Gasteiger charge is 2.27. The Kier molecular flexibility index (Phi) is 3.90. The van der Waals surface area contributed by atoms with Gasteiger partial charge in [-0.3, -0.25) is 0 Å². The maximum atomic E-state index is 5.59. The normalized spacial score (nSPS) is 22.6. The number of hydrogen-bond acceptors (Lipinski definition) is 5. The van der Waals surface area contributed by atoms with E-state index in [1.165, 1.54) is 12.8 Å². The number of anilines is 1. The molecule has 0 spiro atoms. The van der Waals surface area contributed by atoms with Crippen LogP contribution >= 0.6 is 0 Å². The number of rotatable bonds is 3. The van der Waals surface area contributed by atoms with Crippen LogP contribution in [0, 0.1) is 11.8 Å². The average molecular weight is 286 g/mol. The van der Waals surface area contributed by atoms with Crippen LogP contribution in [0.15, 0.2) is 22.9 Å². The van der Waals surface area contributed by atoms with Gasteiger partial charge < -0.3 is 10.3 Å². The number of nitrogen functional groups attached to an aromatic ring is 1. The van der Waals surface area contributed by atoms with E-state index in [-0.39, 0.29) is 0 Å². The molecule has 1 saturated carbocycles. The standard InChI is InChI=1S/C16H22N4O/c1-10(2)11-3-5-12(6-4-11)15-19-16(21-20-15)13-7-8-14(17)18-9-13/h7-12H,3-6H2,1-2H3,(H2,17,18). The van der Waals surface area contributed by atoms with Gasteiger partial charge in [-0.2, -0.15) is 4.98 Å². The first-order valence-corrected chi connectivity index (χ1v) is 7.69. The maximum absolute atomic E-state index is 5.59. The minimum atomic E-state index is 0.430. The first-order chi connectivity index (χ1) is 10.1. The molecule has 0 radical (unpaired) electrons. The number of nitrogens with zero attached hydrogens (tertiary/aromatic N) is 3. The largest absolute Gasteiger partial charge is 0.384 e. The van der Waals surface area contributed by atoms with Crippen molar-refractivity contribution in [2.75, 3.05) is 5.73 Å². The van der Waals surface area contributed by atoms with Gasteiger partial charge in [-0.05, 0) is 49.7 Å². The van der Waals surface area contributed by atoms with Gasteiger partial charge in [-0.1, -0.05) is 19.0 Å². The molecular formula is C16H22N4O. The van der Waals surface area contributed by atoms with Gasteiger partial charge in [0.25, 0.3) is 5.89 Å². The highest BCUT2D eigenvalue weighted by molar-refractivity contribution is 5.53. The Balaban J connectivity index is 1.70. The van der Waals surface area contributed by atoms with Crippen LogP contribution in [0.25, 0.3) is 11.5 Å². The summed E-state index contributed by atoms with van der Waals surface area (Å²) in [4.78, 5) is 8.60. The minimum Gasteiger partial charge on any atom is -0.384 e. The van der Waals surface area contributed by atoms with Crippen LogP contribution in [0.2, 0.25) is 0 Å². The zero-order valence-electron chi connectivity index (χ0n) is 12.6. The molecule has 5 nitrogen and oxygen atoms in total. The van der Waals surface area contributed by atoms with E-state index in [0.29, 0.717) is 17.6 Å². The molecule has 0 aliphatic heterocycles. The number of aromatic nitrogens is 3. The second-order valence-electron chi connectivity index (χ2n) is 6.29. The predicted octanol–water partition coefficient (Wildman–Crippen LogP) is 3.64. The topological polar surface area (TPSA) is 77.8 Å². The van der Waals surface area contributed by atoms with Crippen LogP contribution in [0.3, 0.4) is 0 Å². The van der Waals surface area contributed by atoms with Gasteiger partial charge in [0.15, 0.2) is 5.82 Å². The van der Waals surface area contributed by atoms with Gasteiger partial charge in [-0.15, -0.1) is 0 Å². The molecule has 1 aliphatic carbocycles. The fourth-order valence-corrected chi connectivity index (χ4v) is 3.09. The van der Waals surface area contributed by atoms with E-state index in [9.17, 15) is 0 Å². The van der Waals surface area contributed by atoms with Crippen molar-refractivity contribution in [3.8, 4) is 11.5 Å². The Morgan fingerprint density at radius 2 is 1.95 bits per heavy atom. The van der Waals surface area contributed by atoms with E-state index in [1.54, 1.807) is 12.3 Å². The van der Waals surface area contributed by atoms with Crippen LogP contribution in [0.4, 0.5) is 5.82 Å². The van der Waals surface area contributed by atoms with Crippen LogP contribution in [0.1, 0.15) is 51.3 Å². The summed E-state index contributed by atoms with van der Waals surface area (Å²) in [6.45, 7) is 4.62. The fraction of sp³-hybridized carbons (Fsp3) is 0.562. The molecular weight excluding hydrogens is 264 g/mol. The third-order valence-electron chi connectivity index (χ3n) is 4.55. The van der Waals surface area contributed by atoms with Crippen LogP contribution in [-0.4, -0.2) is 15.1 Å². The second kappa shape index (κ2) is 5.84. The molecule has 0 amide bonds. The number of nitrogens with two attached hydrogens (primary N) is 1. The highest BCUT2D eigenvalue weighted by atomic mass is 16.5. The SMILES string of the molecule is CC(C)C1CCC(c2noc(-c3ccc(N)nc3)n2)CC1. The summed E-state index contributed by atoms with van der Waals surface area (Å²) in [6, 6.07) is 3.60. The third-order valence-corrected chi connectivity index (χ3v) is 4.55. The molecule has 0 unspecified atom stereocenters. The van der Waals surface area contributed by atoms with Crippen molar-refractivity contribution >= 4 is 5.82 Å². The van der Waals surface area contributed by atoms with Gasteiger partial charge in [0, 0.05) is 12.1 Å². The summed E-state index contributed by atoms with van der Waals surface area (Å²) < 4.78 is 5.38. The third kappa shape index (κ3) is 3.06. The van der Waals surface area contributed by atoms with Crippen molar-refractivity contribution in [3.63, 3.8) is 0 Å². The van der Waals surface area contributed by atoms with E-state index >= 15 is 0 Å². The number of pyridine rings is 1. The number of hydrogen-bond donors (Lipinski definition) is 1. The van der Waals surface area contributed by atoms with Crippen molar-refractivity contribution in [1.29, 1.82) is 0 Å². The summed E-state index contributed by atoms with van der Waals surface area (Å²) in [6.07, 6.45) is 6.50. The average Bonchev–Trinajstić information content (AvgIpc) is 2.98. The van der Waals surface area contributed by atoms with Crippen LogP contribution in [0.5, 0.6) is 0 Å². The lowest BCUT2D eigenvalue weighted by Gasteiger charge is -2.29. The van der Waals surface area contributed by atoms with Gasteiger partial charge in [0.1, 0.15) is 5.82 Å². The fourth-order valence-electron chi connectivity index (χ4n) is 3.09. The Morgan fingerprint density at radius 3 is 2.57 bits per heavy atom. The van der Waals surface area contributed by atoms with Gasteiger partial charge in [0.2, 0.25) is 0 Å². The van der Waals surface area contributed by atoms with E-state index in [4.69, 9.17) is 10.3 Å². The molecule has 112 valence electrons. The zero-order valence-corrected chi connectivity index (χ0v) is 12.6. The molecule has 2 heterocycles. The lowest BCUT2D eigenvalue weighted by molar-refractivity contribution is 0.252. The Labute approximate surface area is 125 Å². The van der Waals surface area contributed by atoms with Gasteiger partial charge in [0.05, 0.1) is 5.56 Å². The molecule has 5 heteroatoms. The molecule has 2 aromatic heterocycles. The smallest absolute Gasteiger partial charge is 0.259 e. The summed E-state index contributed by atoms with van der Waals surface area (Å²) in [7, 11) is 0. The lowest BCUT2D eigenvalue weighted by atomic mass is 9.77. The van der Waals surface area contributed by atoms with Crippen molar-refractivity contribution in [2.45, 2.75) is 45.4 Å². The molecule has 0 aromatic carbocycles. The highest BCUT2D eigenvalue weighted by Crippen LogP contribution is 2.38. The molecule has 0 bridgehead atoms. The van der Waals surface area contributed by atoms with Crippen molar-refractivity contribution in [3.05, 3.63) is 24.2 Å². The molecule has 21 heavy (non-hydrogen) atoms. The van der Waals surface area contributed by atoms with Crippen molar-refractivity contribution < 1.29 is 4.52 Å². The maximum Gasteiger partial charge on any atom is 0.259 e. The molecule has 2 N–H and O–H groups in total. The molecule has 3 rings (SSSR count). The first-order valence-electron chi connectivity index (χ1n) is 7.69. The van der Waals surface area contributed by atoms with Crippen molar-refractivity contribution in [2.24, 2.45) is 11.8 Å². The molecule has 0 saturated heterocycles. The zero-order chi connectivity index (χ0) is 14.8. The van der Waals surface area contributed by atoms with E-state index in [1.807, 2.05) is 6.07 Å². The Hall–Kier alpha value is -1.91. The quantitative estimate of drug-likeness (QED) is 0.932. The summed E-state index contributed by atoms with van der Waals surface area (Å²) >= 11 is 0. The minimum absolute atomic E-state index is 0.430. The Morgan fingerprint density at radius 1 is 1.19 bits per heavy atom. The Bertz CT molecular complexity index is 583. The molecule has 0 atom stereocenters. The second-order valence-corrected chi connectivity index (χ2v) is 6.29. The monoisotopic (exact) mass is 286 g/mol. The lowest BCUT2D eigenvalue weighted by Crippen LogP contribution is -2.18. The van der Waals surface area contributed by atoms with Crippen LogP contribution < -0.4 is 5.73 Å². The summed E-state index contributed by atoms with van der Waals surface area (Å²) in [5.74, 6) is 3.90. The molecule has 1 fully saturated rings. The van der Waals surface area contributed by atoms with E-state index in [0.717, 1.165) is 36.1 Å². The summed E-state index contributed by atoms with van der Waals surface area (Å²) in [5.41, 5.74) is 6.40. The molecule has 2 aromatic rings. The summed E-state index contributed by atoms with van der Waals surface area (Å²) in [5, 5.41) is 4.16. The van der Waals surface area contributed by atoms with Crippen molar-refractivity contribution in [1.82, 2.24) is 15.1 Å². The van der Waals surface area contributed by atoms with E-state index < -0.39 is 0 Å². The predicted molar refractivity (Wildman–Crippen MR) is 81.5 cm³/mol. The van der Waals surface area contributed by atoms with E-state index in [2.05, 4.69) is 29.0 Å². The van der Waals surface area contributed by atoms with Gasteiger partial charge in [-0.25, -0.2) is 4.98 Å². The van der Waals surface area contributed by atoms with Gasteiger partial charge >= 0.3 is 0 Å².